The van der Waals surface area contributed by atoms with Crippen LogP contribution in [0, 0.1) is 0 Å². The fourth-order valence-corrected chi connectivity index (χ4v) is 1.27. The molecule has 0 fully saturated rings. The molecule has 0 saturated heterocycles. The largest absolute Gasteiger partial charge is 0.367 e. The number of nitrogens with one attached hydrogen (secondary N) is 1. The molecule has 0 radical (unpaired) electrons. The Bertz CT molecular complexity index is 414. The van der Waals surface area contributed by atoms with Crippen LogP contribution in [0.5, 0.6) is 0 Å². The van der Waals surface area contributed by atoms with Gasteiger partial charge in [0.05, 0.1) is 6.33 Å². The van der Waals surface area contributed by atoms with Gasteiger partial charge in [-0.05, 0) is 6.07 Å². The third-order valence-corrected chi connectivity index (χ3v) is 1.97. The summed E-state index contributed by atoms with van der Waals surface area (Å²) in [6.45, 7) is 0. The third-order valence-electron chi connectivity index (χ3n) is 1.97. The molecule has 0 aromatic carbocycles. The summed E-state index contributed by atoms with van der Waals surface area (Å²) < 4.78 is 1.70. The van der Waals surface area contributed by atoms with Crippen LogP contribution in [-0.4, -0.2) is 20.8 Å². The van der Waals surface area contributed by atoms with Crippen LogP contribution in [0.2, 0.25) is 0 Å². The van der Waals surface area contributed by atoms with E-state index in [0.717, 1.165) is 17.5 Å². The lowest BCUT2D eigenvalue weighted by Gasteiger charge is -1.94. The molecule has 1 N–H and O–H groups in total. The maximum atomic E-state index is 10.7. The number of carbonyl (C=O) groups excluding carboxylic acids is 1. The number of aldehydes is 1. The van der Waals surface area contributed by atoms with Crippen LogP contribution < -0.4 is 0 Å². The van der Waals surface area contributed by atoms with Crippen molar-refractivity contribution >= 4 is 6.29 Å². The number of carbonyl (C=O) groups is 1. The van der Waals surface area contributed by atoms with Gasteiger partial charge < -0.3 is 9.55 Å². The Hall–Kier alpha value is -1.84. The second-order valence-corrected chi connectivity index (χ2v) is 2.81. The van der Waals surface area contributed by atoms with Crippen LogP contribution >= 0.6 is 0 Å². The van der Waals surface area contributed by atoms with E-state index in [1.54, 1.807) is 24.1 Å². The molecule has 0 aliphatic rings. The fraction of sp³-hybridized carbons (Fsp3) is 0.111. The van der Waals surface area contributed by atoms with Gasteiger partial charge in [-0.15, -0.1) is 0 Å². The van der Waals surface area contributed by atoms with Crippen molar-refractivity contribution in [3.05, 3.63) is 30.5 Å². The van der Waals surface area contributed by atoms with Crippen molar-refractivity contribution < 1.29 is 4.79 Å². The molecule has 2 rings (SSSR count). The molecule has 2 aromatic heterocycles. The van der Waals surface area contributed by atoms with Crippen LogP contribution in [0.25, 0.3) is 11.3 Å². The first-order valence-corrected chi connectivity index (χ1v) is 3.92. The summed E-state index contributed by atoms with van der Waals surface area (Å²) in [5.41, 5.74) is 2.25. The third kappa shape index (κ3) is 1.16. The highest BCUT2D eigenvalue weighted by Crippen LogP contribution is 2.19. The van der Waals surface area contributed by atoms with Gasteiger partial charge in [-0.2, -0.15) is 0 Å². The minimum Gasteiger partial charge on any atom is -0.367 e. The highest BCUT2D eigenvalue weighted by molar-refractivity contribution is 5.83. The topological polar surface area (TPSA) is 50.7 Å². The van der Waals surface area contributed by atoms with Crippen LogP contribution in [0.1, 0.15) is 10.5 Å². The highest BCUT2D eigenvalue weighted by Gasteiger charge is 2.09. The lowest BCUT2D eigenvalue weighted by atomic mass is 10.2. The van der Waals surface area contributed by atoms with Crippen molar-refractivity contribution in [2.45, 2.75) is 0 Å². The molecule has 66 valence electrons. The Labute approximate surface area is 75.2 Å². The fourth-order valence-electron chi connectivity index (χ4n) is 1.27. The lowest BCUT2D eigenvalue weighted by molar-refractivity contribution is 0.111. The molecule has 0 aliphatic heterocycles. The van der Waals surface area contributed by atoms with E-state index in [4.69, 9.17) is 0 Å². The predicted molar refractivity (Wildman–Crippen MR) is 48.4 cm³/mol. The average Bonchev–Trinajstić information content (AvgIpc) is 2.71. The van der Waals surface area contributed by atoms with Gasteiger partial charge in [0.15, 0.2) is 6.29 Å². The molecule has 0 bridgehead atoms. The Morgan fingerprint density at radius 1 is 1.62 bits per heavy atom. The van der Waals surface area contributed by atoms with E-state index in [1.165, 1.54) is 0 Å². The number of rotatable bonds is 2. The van der Waals surface area contributed by atoms with Gasteiger partial charge in [0.25, 0.3) is 0 Å². The molecule has 13 heavy (non-hydrogen) atoms. The number of hydrogen-bond donors (Lipinski definition) is 1. The number of hydrogen-bond acceptors (Lipinski definition) is 2. The molecular weight excluding hydrogens is 166 g/mol. The maximum Gasteiger partial charge on any atom is 0.168 e. The predicted octanol–water partition coefficient (Wildman–Crippen LogP) is 1.23. The van der Waals surface area contributed by atoms with E-state index in [2.05, 4.69) is 9.97 Å². The normalized spacial score (nSPS) is 10.2. The van der Waals surface area contributed by atoms with Gasteiger partial charge >= 0.3 is 0 Å². The average molecular weight is 175 g/mol. The summed E-state index contributed by atoms with van der Waals surface area (Å²) in [6.07, 6.45) is 6.06. The zero-order valence-electron chi connectivity index (χ0n) is 7.19. The minimum atomic E-state index is 0.597. The standard InChI is InChI=1S/C9H9N3O/c1-12-6-11-9(8(12)5-13)7-2-3-10-4-7/h2-6,10H,1H3. The summed E-state index contributed by atoms with van der Waals surface area (Å²) in [4.78, 5) is 17.8. The second kappa shape index (κ2) is 2.90. The number of imidazole rings is 1. The van der Waals surface area contributed by atoms with Crippen LogP contribution in [0.4, 0.5) is 0 Å². The van der Waals surface area contributed by atoms with Crippen molar-refractivity contribution in [2.75, 3.05) is 0 Å². The van der Waals surface area contributed by atoms with Crippen molar-refractivity contribution in [3.63, 3.8) is 0 Å². The number of nitrogens with zero attached hydrogens (tertiary/aromatic N) is 2. The van der Waals surface area contributed by atoms with Crippen molar-refractivity contribution in [1.29, 1.82) is 0 Å². The molecule has 0 amide bonds. The molecule has 0 saturated carbocycles. The smallest absolute Gasteiger partial charge is 0.168 e. The first kappa shape index (κ1) is 7.79. The number of aromatic amines is 1. The quantitative estimate of drug-likeness (QED) is 0.698. The molecule has 4 heteroatoms. The van der Waals surface area contributed by atoms with E-state index >= 15 is 0 Å². The van der Waals surface area contributed by atoms with E-state index in [9.17, 15) is 4.79 Å². The number of H-pyrrole nitrogens is 1. The summed E-state index contributed by atoms with van der Waals surface area (Å²) in [6, 6.07) is 1.88. The summed E-state index contributed by atoms with van der Waals surface area (Å²) in [5.74, 6) is 0. The van der Waals surface area contributed by atoms with Gasteiger partial charge in [0.2, 0.25) is 0 Å². The van der Waals surface area contributed by atoms with E-state index in [0.29, 0.717) is 5.69 Å². The van der Waals surface area contributed by atoms with Gasteiger partial charge in [0, 0.05) is 25.0 Å². The van der Waals surface area contributed by atoms with Gasteiger partial charge in [-0.3, -0.25) is 4.79 Å². The molecule has 0 atom stereocenters. The van der Waals surface area contributed by atoms with E-state index in [-0.39, 0.29) is 0 Å². The van der Waals surface area contributed by atoms with Gasteiger partial charge in [-0.1, -0.05) is 0 Å². The zero-order valence-corrected chi connectivity index (χ0v) is 7.19. The monoisotopic (exact) mass is 175 g/mol. The van der Waals surface area contributed by atoms with Crippen LogP contribution in [-0.2, 0) is 7.05 Å². The van der Waals surface area contributed by atoms with Crippen LogP contribution in [0.15, 0.2) is 24.8 Å². The van der Waals surface area contributed by atoms with Crippen molar-refractivity contribution in [2.24, 2.45) is 7.05 Å². The minimum absolute atomic E-state index is 0.597. The van der Waals surface area contributed by atoms with E-state index < -0.39 is 0 Å². The molecule has 0 aliphatic carbocycles. The Morgan fingerprint density at radius 3 is 3.08 bits per heavy atom. The molecule has 2 aromatic rings. The van der Waals surface area contributed by atoms with Gasteiger partial charge in [-0.25, -0.2) is 4.98 Å². The number of aromatic nitrogens is 3. The molecular formula is C9H9N3O. The molecule has 4 nitrogen and oxygen atoms in total. The maximum absolute atomic E-state index is 10.7. The Balaban J connectivity index is 2.58. The Morgan fingerprint density at radius 2 is 2.46 bits per heavy atom. The van der Waals surface area contributed by atoms with Gasteiger partial charge in [0.1, 0.15) is 11.4 Å². The first-order chi connectivity index (χ1) is 6.33. The van der Waals surface area contributed by atoms with E-state index in [1.807, 2.05) is 12.3 Å². The van der Waals surface area contributed by atoms with Crippen molar-refractivity contribution in [3.8, 4) is 11.3 Å². The molecule has 2 heterocycles. The molecule has 0 spiro atoms. The lowest BCUT2D eigenvalue weighted by Crippen LogP contribution is -1.93. The highest BCUT2D eigenvalue weighted by atomic mass is 16.1. The molecule has 0 unspecified atom stereocenters. The van der Waals surface area contributed by atoms with Crippen molar-refractivity contribution in [1.82, 2.24) is 14.5 Å². The summed E-state index contributed by atoms with van der Waals surface area (Å²) in [5, 5.41) is 0. The first-order valence-electron chi connectivity index (χ1n) is 3.92. The Kier molecular flexibility index (Phi) is 1.73. The summed E-state index contributed by atoms with van der Waals surface area (Å²) in [7, 11) is 1.80. The van der Waals surface area contributed by atoms with Crippen LogP contribution in [0.3, 0.4) is 0 Å². The zero-order chi connectivity index (χ0) is 9.26. The number of aryl methyl sites for hydroxylation is 1. The SMILES string of the molecule is Cn1cnc(-c2cc[nH]c2)c1C=O. The summed E-state index contributed by atoms with van der Waals surface area (Å²) >= 11 is 0. The second-order valence-electron chi connectivity index (χ2n) is 2.81.